The molecule has 1 N–H and O–H groups in total. The number of aryl methyl sites for hydroxylation is 2. The van der Waals surface area contributed by atoms with Crippen molar-refractivity contribution in [3.05, 3.63) is 37.8 Å². The van der Waals surface area contributed by atoms with Crippen LogP contribution in [0.15, 0.2) is 11.4 Å². The first-order chi connectivity index (χ1) is 8.00. The molecule has 0 spiro atoms. The van der Waals surface area contributed by atoms with Crippen LogP contribution in [-0.4, -0.2) is 14.9 Å². The summed E-state index contributed by atoms with van der Waals surface area (Å²) in [6, 6.07) is 1.78. The molecular weight excluding hydrogens is 279 g/mol. The quantitative estimate of drug-likeness (QED) is 0.941. The maximum Gasteiger partial charge on any atom is 0.130 e. The van der Waals surface area contributed by atoms with Crippen molar-refractivity contribution in [3.63, 3.8) is 0 Å². The predicted octanol–water partition coefficient (Wildman–Crippen LogP) is 3.37. The molecule has 17 heavy (non-hydrogen) atoms. The van der Waals surface area contributed by atoms with E-state index >= 15 is 0 Å². The molecule has 92 valence electrons. The summed E-state index contributed by atoms with van der Waals surface area (Å²) < 4.78 is 1.61. The van der Waals surface area contributed by atoms with Gasteiger partial charge in [0.1, 0.15) is 5.15 Å². The first-order valence-electron chi connectivity index (χ1n) is 5.09. The van der Waals surface area contributed by atoms with Crippen LogP contribution in [0.2, 0.25) is 10.2 Å². The van der Waals surface area contributed by atoms with Crippen molar-refractivity contribution in [2.24, 2.45) is 7.05 Å². The van der Waals surface area contributed by atoms with Crippen molar-refractivity contribution in [1.29, 1.82) is 0 Å². The van der Waals surface area contributed by atoms with Crippen LogP contribution < -0.4 is 0 Å². The molecule has 0 saturated heterocycles. The Balaban J connectivity index is 2.24. The van der Waals surface area contributed by atoms with Crippen LogP contribution in [0.3, 0.4) is 0 Å². The highest BCUT2D eigenvalue weighted by atomic mass is 35.5. The monoisotopic (exact) mass is 290 g/mol. The van der Waals surface area contributed by atoms with Crippen molar-refractivity contribution in [3.8, 4) is 0 Å². The van der Waals surface area contributed by atoms with Gasteiger partial charge in [-0.05, 0) is 18.4 Å². The molecule has 6 heteroatoms. The molecule has 0 saturated carbocycles. The van der Waals surface area contributed by atoms with Crippen molar-refractivity contribution in [2.75, 3.05) is 0 Å². The van der Waals surface area contributed by atoms with Crippen LogP contribution in [-0.2, 0) is 13.5 Å². The zero-order valence-electron chi connectivity index (χ0n) is 9.44. The van der Waals surface area contributed by atoms with Gasteiger partial charge < -0.3 is 5.11 Å². The van der Waals surface area contributed by atoms with E-state index in [-0.39, 0.29) is 0 Å². The standard InChI is InChI=1S/C11H12Cl2N2OS/c1-6-7(11(13)15(2)14-6)5-9(16)10-8(12)3-4-17-10/h3-4,9,16H,5H2,1-2H3. The molecule has 0 aliphatic rings. The highest BCUT2D eigenvalue weighted by molar-refractivity contribution is 7.10. The number of nitrogens with zero attached hydrogens (tertiary/aromatic N) is 2. The molecule has 0 amide bonds. The van der Waals surface area contributed by atoms with E-state index in [9.17, 15) is 5.11 Å². The fraction of sp³-hybridized carbons (Fsp3) is 0.364. The zero-order chi connectivity index (χ0) is 12.6. The Bertz CT molecular complexity index is 536. The summed E-state index contributed by atoms with van der Waals surface area (Å²) in [6.45, 7) is 1.88. The third-order valence-electron chi connectivity index (χ3n) is 2.61. The largest absolute Gasteiger partial charge is 0.387 e. The Morgan fingerprint density at radius 3 is 2.71 bits per heavy atom. The van der Waals surface area contributed by atoms with Gasteiger partial charge in [-0.3, -0.25) is 4.68 Å². The fourth-order valence-electron chi connectivity index (χ4n) is 1.74. The Hall–Kier alpha value is -0.550. The zero-order valence-corrected chi connectivity index (χ0v) is 11.8. The second kappa shape index (κ2) is 4.98. The van der Waals surface area contributed by atoms with Gasteiger partial charge in [0.25, 0.3) is 0 Å². The molecule has 0 aromatic carbocycles. The average Bonchev–Trinajstić information content (AvgIpc) is 2.78. The lowest BCUT2D eigenvalue weighted by molar-refractivity contribution is 0.182. The van der Waals surface area contributed by atoms with Crippen LogP contribution in [0, 0.1) is 6.92 Å². The maximum absolute atomic E-state index is 10.1. The smallest absolute Gasteiger partial charge is 0.130 e. The summed E-state index contributed by atoms with van der Waals surface area (Å²) in [5, 5.41) is 17.4. The number of hydrogen-bond donors (Lipinski definition) is 1. The molecule has 2 aromatic heterocycles. The molecule has 2 rings (SSSR count). The summed E-state index contributed by atoms with van der Waals surface area (Å²) in [7, 11) is 1.78. The van der Waals surface area contributed by atoms with E-state index in [0.717, 1.165) is 16.1 Å². The number of halogens is 2. The van der Waals surface area contributed by atoms with Gasteiger partial charge in [-0.2, -0.15) is 5.10 Å². The normalized spacial score (nSPS) is 13.0. The minimum absolute atomic E-state index is 0.429. The molecule has 0 fully saturated rings. The molecule has 0 aliphatic heterocycles. The average molecular weight is 291 g/mol. The van der Waals surface area contributed by atoms with Crippen LogP contribution in [0.5, 0.6) is 0 Å². The van der Waals surface area contributed by atoms with Gasteiger partial charge in [-0.15, -0.1) is 11.3 Å². The molecule has 0 aliphatic carbocycles. The van der Waals surface area contributed by atoms with Gasteiger partial charge in [0.05, 0.1) is 21.7 Å². The minimum atomic E-state index is -0.636. The lowest BCUT2D eigenvalue weighted by Gasteiger charge is -2.09. The second-order valence-corrected chi connectivity index (χ2v) is 5.54. The number of hydrogen-bond acceptors (Lipinski definition) is 3. The third-order valence-corrected chi connectivity index (χ3v) is 4.55. The summed E-state index contributed by atoms with van der Waals surface area (Å²) in [6.07, 6.45) is -0.207. The van der Waals surface area contributed by atoms with E-state index in [0.29, 0.717) is 16.6 Å². The molecule has 1 unspecified atom stereocenters. The van der Waals surface area contributed by atoms with Crippen molar-refractivity contribution in [2.45, 2.75) is 19.4 Å². The van der Waals surface area contributed by atoms with Gasteiger partial charge >= 0.3 is 0 Å². The molecule has 0 bridgehead atoms. The molecule has 1 atom stereocenters. The summed E-state index contributed by atoms with van der Waals surface area (Å²) in [5.74, 6) is 0. The van der Waals surface area contributed by atoms with Crippen LogP contribution in [0.25, 0.3) is 0 Å². The third kappa shape index (κ3) is 2.50. The van der Waals surface area contributed by atoms with E-state index < -0.39 is 6.10 Å². The minimum Gasteiger partial charge on any atom is -0.387 e. The van der Waals surface area contributed by atoms with Crippen molar-refractivity contribution in [1.82, 2.24) is 9.78 Å². The van der Waals surface area contributed by atoms with Crippen LogP contribution >= 0.6 is 34.5 Å². The van der Waals surface area contributed by atoms with Gasteiger partial charge in [0.15, 0.2) is 0 Å². The first-order valence-corrected chi connectivity index (χ1v) is 6.73. The summed E-state index contributed by atoms with van der Waals surface area (Å²) in [5.41, 5.74) is 1.70. The van der Waals surface area contributed by atoms with Crippen molar-refractivity contribution >= 4 is 34.5 Å². The van der Waals surface area contributed by atoms with E-state index in [1.165, 1.54) is 11.3 Å². The van der Waals surface area contributed by atoms with E-state index in [1.54, 1.807) is 17.8 Å². The number of aliphatic hydroxyl groups is 1. The maximum atomic E-state index is 10.1. The highest BCUT2D eigenvalue weighted by Gasteiger charge is 2.19. The number of rotatable bonds is 3. The topological polar surface area (TPSA) is 38.0 Å². The Kier molecular flexibility index (Phi) is 3.78. The van der Waals surface area contributed by atoms with E-state index in [4.69, 9.17) is 23.2 Å². The molecule has 0 radical (unpaired) electrons. The van der Waals surface area contributed by atoms with Gasteiger partial charge in [0.2, 0.25) is 0 Å². The lowest BCUT2D eigenvalue weighted by atomic mass is 10.1. The lowest BCUT2D eigenvalue weighted by Crippen LogP contribution is -2.01. The van der Waals surface area contributed by atoms with Gasteiger partial charge in [0, 0.05) is 19.0 Å². The van der Waals surface area contributed by atoms with Crippen molar-refractivity contribution < 1.29 is 5.11 Å². The van der Waals surface area contributed by atoms with Gasteiger partial charge in [-0.25, -0.2) is 0 Å². The summed E-state index contributed by atoms with van der Waals surface area (Å²) in [4.78, 5) is 0.769. The number of aromatic nitrogens is 2. The van der Waals surface area contributed by atoms with Crippen LogP contribution in [0.4, 0.5) is 0 Å². The van der Waals surface area contributed by atoms with E-state index in [1.807, 2.05) is 12.3 Å². The Morgan fingerprint density at radius 1 is 1.53 bits per heavy atom. The predicted molar refractivity (Wildman–Crippen MR) is 70.9 cm³/mol. The molecular formula is C11H12Cl2N2OS. The SMILES string of the molecule is Cc1nn(C)c(Cl)c1CC(O)c1sccc1Cl. The van der Waals surface area contributed by atoms with Gasteiger partial charge in [-0.1, -0.05) is 23.2 Å². The highest BCUT2D eigenvalue weighted by Crippen LogP contribution is 2.32. The number of aliphatic hydroxyl groups excluding tert-OH is 1. The van der Waals surface area contributed by atoms with Crippen LogP contribution in [0.1, 0.15) is 22.2 Å². The van der Waals surface area contributed by atoms with E-state index in [2.05, 4.69) is 5.10 Å². The molecule has 2 heterocycles. The Labute approximate surface area is 114 Å². The number of thiophene rings is 1. The molecule has 2 aromatic rings. The second-order valence-electron chi connectivity index (χ2n) is 3.83. The first kappa shape index (κ1) is 12.9. The molecule has 3 nitrogen and oxygen atoms in total. The fourth-order valence-corrected chi connectivity index (χ4v) is 3.16. The Morgan fingerprint density at radius 2 is 2.24 bits per heavy atom. The summed E-state index contributed by atoms with van der Waals surface area (Å²) >= 11 is 13.5.